The van der Waals surface area contributed by atoms with Crippen molar-refractivity contribution in [1.29, 1.82) is 0 Å². The molecule has 2 saturated heterocycles. The molecule has 2 aromatic rings. The van der Waals surface area contributed by atoms with Crippen LogP contribution in [-0.2, 0) is 11.2 Å². The lowest BCUT2D eigenvalue weighted by molar-refractivity contribution is -0.134. The summed E-state index contributed by atoms with van der Waals surface area (Å²) < 4.78 is 13.5. The Morgan fingerprint density at radius 1 is 1.11 bits per heavy atom. The summed E-state index contributed by atoms with van der Waals surface area (Å²) in [5.74, 6) is 0.479. The van der Waals surface area contributed by atoms with E-state index in [0.717, 1.165) is 24.9 Å². The predicted octanol–water partition coefficient (Wildman–Crippen LogP) is 4.17. The molecule has 4 heteroatoms. The van der Waals surface area contributed by atoms with E-state index in [0.29, 0.717) is 24.4 Å². The molecule has 3 aliphatic rings. The largest absolute Gasteiger partial charge is 0.331 e. The highest BCUT2D eigenvalue weighted by Crippen LogP contribution is 2.43. The van der Waals surface area contributed by atoms with Crippen molar-refractivity contribution in [3.05, 3.63) is 71.0 Å². The Morgan fingerprint density at radius 3 is 2.61 bits per heavy atom. The van der Waals surface area contributed by atoms with Gasteiger partial charge in [0.15, 0.2) is 0 Å². The van der Waals surface area contributed by atoms with Crippen molar-refractivity contribution in [2.24, 2.45) is 5.92 Å². The molecular formula is C24H27FN2O. The third kappa shape index (κ3) is 2.95. The number of amides is 1. The Labute approximate surface area is 166 Å². The van der Waals surface area contributed by atoms with Gasteiger partial charge in [0.2, 0.25) is 5.91 Å². The number of nitrogens with zero attached hydrogens (tertiary/aromatic N) is 2. The number of halogens is 1. The highest BCUT2D eigenvalue weighted by molar-refractivity contribution is 5.78. The Kier molecular flexibility index (Phi) is 4.47. The molecule has 3 nitrogen and oxygen atoms in total. The molecule has 2 fully saturated rings. The van der Waals surface area contributed by atoms with Crippen LogP contribution in [0.5, 0.6) is 0 Å². The van der Waals surface area contributed by atoms with Crippen LogP contribution >= 0.6 is 0 Å². The van der Waals surface area contributed by atoms with Crippen molar-refractivity contribution in [2.75, 3.05) is 13.6 Å². The van der Waals surface area contributed by atoms with E-state index < -0.39 is 0 Å². The minimum Gasteiger partial charge on any atom is -0.331 e. The molecule has 0 spiro atoms. The van der Waals surface area contributed by atoms with Gasteiger partial charge in [-0.05, 0) is 67.5 Å². The molecule has 0 saturated carbocycles. The second-order valence-electron chi connectivity index (χ2n) is 8.65. The molecule has 2 aromatic carbocycles. The van der Waals surface area contributed by atoms with Gasteiger partial charge in [0, 0.05) is 25.0 Å². The highest BCUT2D eigenvalue weighted by Gasteiger charge is 2.45. The lowest BCUT2D eigenvalue weighted by Crippen LogP contribution is -2.42. The molecule has 1 amide bonds. The summed E-state index contributed by atoms with van der Waals surface area (Å²) in [5.41, 5.74) is 3.46. The average Bonchev–Trinajstić information content (AvgIpc) is 3.21. The molecule has 5 rings (SSSR count). The van der Waals surface area contributed by atoms with E-state index in [1.165, 1.54) is 36.1 Å². The maximum Gasteiger partial charge on any atom is 0.223 e. The lowest BCUT2D eigenvalue weighted by Gasteiger charge is -2.38. The first kappa shape index (κ1) is 17.9. The highest BCUT2D eigenvalue weighted by atomic mass is 19.1. The number of benzene rings is 2. The van der Waals surface area contributed by atoms with Crippen LogP contribution in [0.2, 0.25) is 0 Å². The summed E-state index contributed by atoms with van der Waals surface area (Å²) in [6.45, 7) is 0.731. The maximum atomic E-state index is 13.5. The van der Waals surface area contributed by atoms with Gasteiger partial charge in [-0.25, -0.2) is 4.39 Å². The molecule has 3 aliphatic heterocycles. The van der Waals surface area contributed by atoms with Gasteiger partial charge in [-0.3, -0.25) is 4.79 Å². The molecule has 0 aromatic heterocycles. The van der Waals surface area contributed by atoms with Gasteiger partial charge < -0.3 is 9.80 Å². The Bertz CT molecular complexity index is 880. The summed E-state index contributed by atoms with van der Waals surface area (Å²) in [6, 6.07) is 16.1. The van der Waals surface area contributed by atoms with Crippen molar-refractivity contribution in [3.63, 3.8) is 0 Å². The molecule has 4 atom stereocenters. The smallest absolute Gasteiger partial charge is 0.223 e. The minimum atomic E-state index is -0.240. The van der Waals surface area contributed by atoms with Crippen molar-refractivity contribution >= 4 is 5.91 Å². The number of carbonyl (C=O) groups excluding carboxylic acids is 1. The monoisotopic (exact) mass is 378 g/mol. The number of rotatable bonds is 3. The zero-order valence-electron chi connectivity index (χ0n) is 16.4. The SMILES string of the molecule is CN1[C@@H]2CC[C@H]1[C@H](CC(=O)N1CCc3ccccc3[C@@H]1c1ccc(F)cc1)C2. The lowest BCUT2D eigenvalue weighted by atomic mass is 9.84. The van der Waals surface area contributed by atoms with Gasteiger partial charge >= 0.3 is 0 Å². The van der Waals surface area contributed by atoms with Crippen molar-refractivity contribution < 1.29 is 9.18 Å². The zero-order chi connectivity index (χ0) is 19.3. The molecule has 28 heavy (non-hydrogen) atoms. The van der Waals surface area contributed by atoms with Crippen molar-refractivity contribution in [2.45, 2.75) is 50.2 Å². The topological polar surface area (TPSA) is 23.6 Å². The summed E-state index contributed by atoms with van der Waals surface area (Å²) in [4.78, 5) is 18.0. The second kappa shape index (κ2) is 7.00. The molecule has 2 bridgehead atoms. The van der Waals surface area contributed by atoms with Gasteiger partial charge in [0.1, 0.15) is 5.82 Å². The maximum absolute atomic E-state index is 13.5. The fourth-order valence-electron chi connectivity index (χ4n) is 5.80. The van der Waals surface area contributed by atoms with E-state index in [1.807, 2.05) is 23.1 Å². The molecule has 3 heterocycles. The summed E-state index contributed by atoms with van der Waals surface area (Å²) in [5, 5.41) is 0. The predicted molar refractivity (Wildman–Crippen MR) is 107 cm³/mol. The third-order valence-electron chi connectivity index (χ3n) is 7.24. The van der Waals surface area contributed by atoms with Gasteiger partial charge in [0.25, 0.3) is 0 Å². The van der Waals surface area contributed by atoms with Crippen LogP contribution < -0.4 is 0 Å². The number of hydrogen-bond acceptors (Lipinski definition) is 2. The summed E-state index contributed by atoms with van der Waals surface area (Å²) in [6.07, 6.45) is 5.17. The Hall–Kier alpha value is -2.20. The van der Waals surface area contributed by atoms with E-state index in [-0.39, 0.29) is 17.8 Å². The third-order valence-corrected chi connectivity index (χ3v) is 7.24. The fraction of sp³-hybridized carbons (Fsp3) is 0.458. The van der Waals surface area contributed by atoms with Crippen LogP contribution in [0.1, 0.15) is 48.4 Å². The van der Waals surface area contributed by atoms with Gasteiger partial charge in [-0.2, -0.15) is 0 Å². The van der Waals surface area contributed by atoms with E-state index in [9.17, 15) is 9.18 Å². The first-order valence-electron chi connectivity index (χ1n) is 10.5. The average molecular weight is 378 g/mol. The van der Waals surface area contributed by atoms with Crippen molar-refractivity contribution in [1.82, 2.24) is 9.80 Å². The first-order valence-corrected chi connectivity index (χ1v) is 10.5. The Morgan fingerprint density at radius 2 is 1.89 bits per heavy atom. The van der Waals surface area contributed by atoms with Crippen molar-refractivity contribution in [3.8, 4) is 0 Å². The normalized spacial score (nSPS) is 29.1. The van der Waals surface area contributed by atoms with Crippen LogP contribution in [0.3, 0.4) is 0 Å². The number of carbonyl (C=O) groups is 1. The van der Waals surface area contributed by atoms with E-state index in [2.05, 4.69) is 30.1 Å². The molecule has 146 valence electrons. The van der Waals surface area contributed by atoms with Gasteiger partial charge in [-0.15, -0.1) is 0 Å². The van der Waals surface area contributed by atoms with E-state index in [4.69, 9.17) is 0 Å². The molecule has 0 radical (unpaired) electrons. The Balaban J connectivity index is 1.44. The molecule has 0 aliphatic carbocycles. The number of hydrogen-bond donors (Lipinski definition) is 0. The molecular weight excluding hydrogens is 351 g/mol. The quantitative estimate of drug-likeness (QED) is 0.800. The van der Waals surface area contributed by atoms with Crippen LogP contribution in [0, 0.1) is 11.7 Å². The second-order valence-corrected chi connectivity index (χ2v) is 8.65. The van der Waals surface area contributed by atoms with Crippen LogP contribution in [0.25, 0.3) is 0 Å². The van der Waals surface area contributed by atoms with Crippen LogP contribution in [-0.4, -0.2) is 41.4 Å². The fourth-order valence-corrected chi connectivity index (χ4v) is 5.80. The van der Waals surface area contributed by atoms with Gasteiger partial charge in [0.05, 0.1) is 6.04 Å². The summed E-state index contributed by atoms with van der Waals surface area (Å²) in [7, 11) is 2.21. The molecule has 0 unspecified atom stereocenters. The molecule has 0 N–H and O–H groups in total. The summed E-state index contributed by atoms with van der Waals surface area (Å²) >= 11 is 0. The first-order chi connectivity index (χ1) is 13.6. The zero-order valence-corrected chi connectivity index (χ0v) is 16.4. The van der Waals surface area contributed by atoms with Crippen LogP contribution in [0.15, 0.2) is 48.5 Å². The van der Waals surface area contributed by atoms with Gasteiger partial charge in [-0.1, -0.05) is 36.4 Å². The van der Waals surface area contributed by atoms with E-state index >= 15 is 0 Å². The minimum absolute atomic E-state index is 0.116. The van der Waals surface area contributed by atoms with E-state index in [1.54, 1.807) is 0 Å². The number of fused-ring (bicyclic) bond motifs is 3. The van der Waals surface area contributed by atoms with Crippen LogP contribution in [0.4, 0.5) is 4.39 Å². The standard InChI is InChI=1S/C24H27FN2O/c1-26-20-10-11-22(26)18(14-20)15-23(28)27-13-12-16-4-2-3-5-21(16)24(27)17-6-8-19(25)9-7-17/h2-9,18,20,22,24H,10-15H2,1H3/t18-,20+,22-,24-/m0/s1.